The Balaban J connectivity index is 3.03. The van der Waals surface area contributed by atoms with E-state index in [9.17, 15) is 4.79 Å². The number of aromatic amines is 1. The summed E-state index contributed by atoms with van der Waals surface area (Å²) in [4.78, 5) is 14.7. The zero-order valence-electron chi connectivity index (χ0n) is 10.3. The number of hydrogen-bond donors (Lipinski definition) is 1. The van der Waals surface area contributed by atoms with E-state index in [0.717, 1.165) is 16.8 Å². The van der Waals surface area contributed by atoms with Crippen molar-refractivity contribution in [1.29, 1.82) is 0 Å². The highest BCUT2D eigenvalue weighted by molar-refractivity contribution is 6.18. The van der Waals surface area contributed by atoms with Gasteiger partial charge in [-0.2, -0.15) is 0 Å². The molecule has 1 aromatic heterocycles. The normalized spacial score (nSPS) is 9.65. The number of halogens is 1. The zero-order valence-corrected chi connectivity index (χ0v) is 11.1. The summed E-state index contributed by atoms with van der Waals surface area (Å²) >= 11 is 5.56. The van der Waals surface area contributed by atoms with Crippen LogP contribution in [0.2, 0.25) is 0 Å². The summed E-state index contributed by atoms with van der Waals surface area (Å²) in [5.41, 5.74) is 3.06. The Morgan fingerprint density at radius 2 is 2.18 bits per heavy atom. The molecule has 1 heterocycles. The highest BCUT2D eigenvalue weighted by atomic mass is 35.5. The van der Waals surface area contributed by atoms with Gasteiger partial charge in [0.2, 0.25) is 0 Å². The molecule has 1 rings (SSSR count). The van der Waals surface area contributed by atoms with Crippen molar-refractivity contribution in [1.82, 2.24) is 4.98 Å². The van der Waals surface area contributed by atoms with Crippen LogP contribution in [-0.2, 0) is 4.74 Å². The Labute approximate surface area is 107 Å². The molecule has 1 aromatic rings. The highest BCUT2D eigenvalue weighted by Gasteiger charge is 2.16. The van der Waals surface area contributed by atoms with Crippen LogP contribution in [0.4, 0.5) is 0 Å². The molecule has 92 valence electrons. The number of esters is 1. The molecule has 0 atom stereocenters. The summed E-state index contributed by atoms with van der Waals surface area (Å²) in [5, 5.41) is 0. The topological polar surface area (TPSA) is 42.1 Å². The Morgan fingerprint density at radius 1 is 1.47 bits per heavy atom. The van der Waals surface area contributed by atoms with E-state index in [1.54, 1.807) is 6.92 Å². The molecule has 0 aromatic carbocycles. The van der Waals surface area contributed by atoms with Crippen molar-refractivity contribution in [3.8, 4) is 11.8 Å². The first-order chi connectivity index (χ1) is 8.11. The first-order valence-electron chi connectivity index (χ1n) is 5.52. The van der Waals surface area contributed by atoms with Crippen LogP contribution >= 0.6 is 11.6 Å². The van der Waals surface area contributed by atoms with Crippen LogP contribution in [0.1, 0.15) is 40.7 Å². The minimum atomic E-state index is -0.335. The van der Waals surface area contributed by atoms with E-state index in [4.69, 9.17) is 16.3 Å². The fourth-order valence-corrected chi connectivity index (χ4v) is 1.64. The van der Waals surface area contributed by atoms with Gasteiger partial charge in [0, 0.05) is 23.6 Å². The lowest BCUT2D eigenvalue weighted by molar-refractivity contribution is 0.0519. The Hall–Kier alpha value is -1.40. The molecule has 0 aliphatic heterocycles. The van der Waals surface area contributed by atoms with Gasteiger partial charge in [0.1, 0.15) is 5.69 Å². The molecule has 17 heavy (non-hydrogen) atoms. The molecule has 4 heteroatoms. The van der Waals surface area contributed by atoms with Crippen LogP contribution in [-0.4, -0.2) is 23.4 Å². The number of ether oxygens (including phenoxy) is 1. The first-order valence-corrected chi connectivity index (χ1v) is 6.06. The monoisotopic (exact) mass is 253 g/mol. The second kappa shape index (κ2) is 6.36. The smallest absolute Gasteiger partial charge is 0.355 e. The molecule has 0 spiro atoms. The van der Waals surface area contributed by atoms with Gasteiger partial charge in [-0.15, -0.1) is 11.6 Å². The third-order valence-corrected chi connectivity index (χ3v) is 2.54. The first kappa shape index (κ1) is 13.7. The second-order valence-corrected chi connectivity index (χ2v) is 3.96. The maximum absolute atomic E-state index is 11.6. The van der Waals surface area contributed by atoms with Crippen molar-refractivity contribution in [3.05, 3.63) is 22.5 Å². The van der Waals surface area contributed by atoms with Gasteiger partial charge in [-0.05, 0) is 26.3 Å². The third-order valence-electron chi connectivity index (χ3n) is 2.35. The maximum atomic E-state index is 11.6. The average molecular weight is 254 g/mol. The van der Waals surface area contributed by atoms with Gasteiger partial charge < -0.3 is 9.72 Å². The van der Waals surface area contributed by atoms with Crippen LogP contribution in [0, 0.1) is 25.7 Å². The molecule has 0 bridgehead atoms. The molecule has 0 saturated heterocycles. The Morgan fingerprint density at radius 3 is 2.76 bits per heavy atom. The third kappa shape index (κ3) is 3.28. The molecule has 1 N–H and O–H groups in total. The molecule has 0 aliphatic rings. The van der Waals surface area contributed by atoms with E-state index in [-0.39, 0.29) is 5.97 Å². The zero-order chi connectivity index (χ0) is 12.8. The van der Waals surface area contributed by atoms with Gasteiger partial charge in [-0.3, -0.25) is 0 Å². The molecule has 0 unspecified atom stereocenters. The van der Waals surface area contributed by atoms with Gasteiger partial charge in [-0.1, -0.05) is 11.8 Å². The summed E-state index contributed by atoms with van der Waals surface area (Å²) in [5.74, 6) is 6.17. The second-order valence-electron chi connectivity index (χ2n) is 3.59. The van der Waals surface area contributed by atoms with Crippen molar-refractivity contribution in [2.24, 2.45) is 0 Å². The van der Waals surface area contributed by atoms with Gasteiger partial charge >= 0.3 is 5.97 Å². The van der Waals surface area contributed by atoms with Crippen LogP contribution in [0.25, 0.3) is 0 Å². The molecular weight excluding hydrogens is 238 g/mol. The fourth-order valence-electron chi connectivity index (χ4n) is 1.54. The quantitative estimate of drug-likeness (QED) is 0.511. The summed E-state index contributed by atoms with van der Waals surface area (Å²) < 4.78 is 4.96. The number of alkyl halides is 1. The van der Waals surface area contributed by atoms with E-state index in [1.807, 2.05) is 13.8 Å². The number of aromatic nitrogens is 1. The summed E-state index contributed by atoms with van der Waals surface area (Å²) in [6.45, 7) is 5.90. The molecule has 0 fully saturated rings. The number of H-pyrrole nitrogens is 1. The average Bonchev–Trinajstić information content (AvgIpc) is 2.57. The maximum Gasteiger partial charge on any atom is 0.355 e. The van der Waals surface area contributed by atoms with Gasteiger partial charge in [0.15, 0.2) is 0 Å². The Kier molecular flexibility index (Phi) is 5.11. The SMILES string of the molecule is CCOC(=O)c1[nH]c(C)c(C#CCCCl)c1C. The van der Waals surface area contributed by atoms with Crippen LogP contribution in [0.3, 0.4) is 0 Å². The van der Waals surface area contributed by atoms with Crippen LogP contribution in [0.5, 0.6) is 0 Å². The summed E-state index contributed by atoms with van der Waals surface area (Å²) in [7, 11) is 0. The molecule has 0 radical (unpaired) electrons. The van der Waals surface area contributed by atoms with E-state index < -0.39 is 0 Å². The predicted molar refractivity (Wildman–Crippen MR) is 68.4 cm³/mol. The number of aryl methyl sites for hydroxylation is 1. The van der Waals surface area contributed by atoms with Crippen LogP contribution < -0.4 is 0 Å². The lowest BCUT2D eigenvalue weighted by atomic mass is 10.1. The number of nitrogens with one attached hydrogen (secondary N) is 1. The van der Waals surface area contributed by atoms with E-state index in [1.165, 1.54) is 0 Å². The van der Waals surface area contributed by atoms with Crippen molar-refractivity contribution in [2.45, 2.75) is 27.2 Å². The molecule has 0 aliphatic carbocycles. The minimum absolute atomic E-state index is 0.335. The van der Waals surface area contributed by atoms with Crippen molar-refractivity contribution in [2.75, 3.05) is 12.5 Å². The number of rotatable bonds is 3. The summed E-state index contributed by atoms with van der Waals surface area (Å²) in [6.07, 6.45) is 0.639. The predicted octanol–water partition coefficient (Wildman–Crippen LogP) is 2.79. The molecule has 3 nitrogen and oxygen atoms in total. The fraction of sp³-hybridized carbons (Fsp3) is 0.462. The number of carbonyl (C=O) groups excluding carboxylic acids is 1. The van der Waals surface area contributed by atoms with Crippen LogP contribution in [0.15, 0.2) is 0 Å². The Bertz CT molecular complexity index is 466. The highest BCUT2D eigenvalue weighted by Crippen LogP contribution is 2.17. The van der Waals surface area contributed by atoms with Gasteiger partial charge in [0.05, 0.1) is 6.61 Å². The van der Waals surface area contributed by atoms with E-state index >= 15 is 0 Å². The van der Waals surface area contributed by atoms with Gasteiger partial charge in [-0.25, -0.2) is 4.79 Å². The van der Waals surface area contributed by atoms with Crippen molar-refractivity contribution >= 4 is 17.6 Å². The molecule has 0 amide bonds. The summed E-state index contributed by atoms with van der Waals surface area (Å²) in [6, 6.07) is 0. The molecule has 0 saturated carbocycles. The van der Waals surface area contributed by atoms with Gasteiger partial charge in [0.25, 0.3) is 0 Å². The lowest BCUT2D eigenvalue weighted by Gasteiger charge is -1.99. The standard InChI is InChI=1S/C13H16ClNO2/c1-4-17-13(16)12-9(2)11(10(3)15-12)7-5-6-8-14/h15H,4,6,8H2,1-3H3. The van der Waals surface area contributed by atoms with E-state index in [0.29, 0.717) is 24.6 Å². The van der Waals surface area contributed by atoms with Crippen molar-refractivity contribution in [3.63, 3.8) is 0 Å². The van der Waals surface area contributed by atoms with Crippen molar-refractivity contribution < 1.29 is 9.53 Å². The number of hydrogen-bond acceptors (Lipinski definition) is 2. The van der Waals surface area contributed by atoms with E-state index in [2.05, 4.69) is 16.8 Å². The number of carbonyl (C=O) groups is 1. The lowest BCUT2D eigenvalue weighted by Crippen LogP contribution is -2.06. The molecular formula is C13H16ClNO2. The minimum Gasteiger partial charge on any atom is -0.461 e. The largest absolute Gasteiger partial charge is 0.461 e.